The van der Waals surface area contributed by atoms with E-state index in [0.29, 0.717) is 0 Å². The second-order valence-electron chi connectivity index (χ2n) is 17.3. The highest BCUT2D eigenvalue weighted by Crippen LogP contribution is 2.41. The Morgan fingerprint density at radius 2 is 0.761 bits per heavy atom. The summed E-state index contributed by atoms with van der Waals surface area (Å²) in [5, 5.41) is 7.26. The second kappa shape index (κ2) is 16.0. The number of nitrogens with zero attached hydrogens (tertiary/aromatic N) is 2. The molecule has 2 aromatic heterocycles. The third-order valence-corrected chi connectivity index (χ3v) is 13.4. The fourth-order valence-electron chi connectivity index (χ4n) is 10.1. The van der Waals surface area contributed by atoms with Gasteiger partial charge in [0.1, 0.15) is 11.2 Å². The number of hydrogen-bond acceptors (Lipinski definition) is 2. The Hall–Kier alpha value is -8.92. The molecule has 0 spiro atoms. The Bertz CT molecular complexity index is 3920. The van der Waals surface area contributed by atoms with Crippen LogP contribution in [0.5, 0.6) is 0 Å². The summed E-state index contributed by atoms with van der Waals surface area (Å²) < 4.78 is 8.57. The predicted octanol–water partition coefficient (Wildman–Crippen LogP) is 18.0. The van der Waals surface area contributed by atoms with Crippen molar-refractivity contribution in [2.24, 2.45) is 0 Å². The van der Waals surface area contributed by atoms with E-state index in [1.54, 1.807) is 0 Å². The van der Waals surface area contributed by atoms with Crippen molar-refractivity contribution in [3.05, 3.63) is 255 Å². The Morgan fingerprint density at radius 1 is 0.284 bits per heavy atom. The van der Waals surface area contributed by atoms with Crippen molar-refractivity contribution in [1.82, 2.24) is 4.57 Å². The molecule has 0 saturated carbocycles. The summed E-state index contributed by atoms with van der Waals surface area (Å²) in [7, 11) is 0. The SMILES string of the molecule is c1cc(-c2ccc(N(c3ccc(-c4ccc5oc6ccccc6c5c4)cc3)c3ccc(-c4ccccc4-n4c5ccccc5c5ccccc54)cc3)cc2)cc(-c2ccc3ccccc3c2)c1. The number of fused-ring (bicyclic) bond motifs is 7. The van der Waals surface area contributed by atoms with Gasteiger partial charge in [0.25, 0.3) is 0 Å². The first kappa shape index (κ1) is 38.5. The average Bonchev–Trinajstić information content (AvgIpc) is 3.95. The van der Waals surface area contributed by atoms with E-state index in [4.69, 9.17) is 4.42 Å². The van der Waals surface area contributed by atoms with E-state index < -0.39 is 0 Å². The maximum atomic E-state index is 6.16. The predicted molar refractivity (Wildman–Crippen MR) is 282 cm³/mol. The molecule has 0 radical (unpaired) electrons. The standard InChI is InChI=1S/C64H42N2O/c1-2-13-47-41-50(25-24-43(47)12-1)49-15-11-14-48(40-49)44-26-33-52(34-27-44)65(53-35-28-45(29-36-53)51-32-39-64-59(42-51)58-19-6-10-23-63(58)67-64)54-37-30-46(31-38-54)55-16-3-7-20-60(55)66-61-21-8-4-17-56(61)57-18-5-9-22-62(57)66/h1-42H. The van der Waals surface area contributed by atoms with Gasteiger partial charge in [-0.15, -0.1) is 0 Å². The first-order chi connectivity index (χ1) is 33.2. The molecule has 3 heteroatoms. The van der Waals surface area contributed by atoms with Crippen LogP contribution in [0.15, 0.2) is 259 Å². The number of para-hydroxylation sites is 4. The van der Waals surface area contributed by atoms with Crippen LogP contribution < -0.4 is 4.90 Å². The van der Waals surface area contributed by atoms with Gasteiger partial charge < -0.3 is 13.9 Å². The zero-order chi connectivity index (χ0) is 44.3. The molecule has 67 heavy (non-hydrogen) atoms. The Balaban J connectivity index is 0.881. The van der Waals surface area contributed by atoms with Gasteiger partial charge in [0.2, 0.25) is 0 Å². The van der Waals surface area contributed by atoms with Crippen LogP contribution in [0.25, 0.3) is 105 Å². The van der Waals surface area contributed by atoms with E-state index in [-0.39, 0.29) is 0 Å². The topological polar surface area (TPSA) is 21.3 Å². The van der Waals surface area contributed by atoms with E-state index in [9.17, 15) is 0 Å². The number of furan rings is 1. The third kappa shape index (κ3) is 6.76. The molecule has 0 aliphatic heterocycles. The van der Waals surface area contributed by atoms with Gasteiger partial charge >= 0.3 is 0 Å². The normalized spacial score (nSPS) is 11.6. The molecule has 3 nitrogen and oxygen atoms in total. The van der Waals surface area contributed by atoms with Crippen molar-refractivity contribution in [1.29, 1.82) is 0 Å². The van der Waals surface area contributed by atoms with Crippen LogP contribution in [-0.4, -0.2) is 4.57 Å². The van der Waals surface area contributed by atoms with Crippen LogP contribution in [0.1, 0.15) is 0 Å². The molecule has 2 heterocycles. The Labute approximate surface area is 388 Å². The van der Waals surface area contributed by atoms with Crippen molar-refractivity contribution in [2.75, 3.05) is 4.90 Å². The lowest BCUT2D eigenvalue weighted by molar-refractivity contribution is 0.669. The zero-order valence-electron chi connectivity index (χ0n) is 36.6. The molecule has 0 bridgehead atoms. The molecule has 0 atom stereocenters. The molecule has 0 amide bonds. The second-order valence-corrected chi connectivity index (χ2v) is 17.3. The molecule has 13 aromatic rings. The quantitative estimate of drug-likeness (QED) is 0.152. The molecule has 314 valence electrons. The summed E-state index contributed by atoms with van der Waals surface area (Å²) in [5.74, 6) is 0. The Morgan fingerprint density at radius 3 is 1.45 bits per heavy atom. The highest BCUT2D eigenvalue weighted by atomic mass is 16.3. The van der Waals surface area contributed by atoms with Gasteiger partial charge in [0.05, 0.1) is 16.7 Å². The number of benzene rings is 11. The fraction of sp³-hybridized carbons (Fsp3) is 0. The minimum absolute atomic E-state index is 0.901. The monoisotopic (exact) mass is 854 g/mol. The van der Waals surface area contributed by atoms with Crippen LogP contribution in [-0.2, 0) is 0 Å². The van der Waals surface area contributed by atoms with E-state index in [2.05, 4.69) is 252 Å². The molecule has 0 aliphatic carbocycles. The summed E-state index contributed by atoms with van der Waals surface area (Å²) in [6.45, 7) is 0. The van der Waals surface area contributed by atoms with Crippen LogP contribution in [0, 0.1) is 0 Å². The summed E-state index contributed by atoms with van der Waals surface area (Å²) >= 11 is 0. The van der Waals surface area contributed by atoms with E-state index in [1.807, 2.05) is 12.1 Å². The van der Waals surface area contributed by atoms with Crippen molar-refractivity contribution in [3.8, 4) is 50.2 Å². The van der Waals surface area contributed by atoms with Gasteiger partial charge in [-0.2, -0.15) is 0 Å². The molecule has 0 unspecified atom stereocenters. The molecule has 11 aromatic carbocycles. The number of anilines is 3. The zero-order valence-corrected chi connectivity index (χ0v) is 36.6. The molecule has 0 fully saturated rings. The fourth-order valence-corrected chi connectivity index (χ4v) is 10.1. The molecular formula is C64H42N2O. The van der Waals surface area contributed by atoms with Gasteiger partial charge in [-0.1, -0.05) is 170 Å². The summed E-state index contributed by atoms with van der Waals surface area (Å²) in [6.07, 6.45) is 0. The van der Waals surface area contributed by atoms with Crippen molar-refractivity contribution in [2.45, 2.75) is 0 Å². The van der Waals surface area contributed by atoms with Gasteiger partial charge in [-0.05, 0) is 135 Å². The number of hydrogen-bond donors (Lipinski definition) is 0. The van der Waals surface area contributed by atoms with Crippen LogP contribution in [0.3, 0.4) is 0 Å². The first-order valence-electron chi connectivity index (χ1n) is 22.9. The van der Waals surface area contributed by atoms with Crippen molar-refractivity contribution in [3.63, 3.8) is 0 Å². The molecule has 0 N–H and O–H groups in total. The highest BCUT2D eigenvalue weighted by molar-refractivity contribution is 6.10. The van der Waals surface area contributed by atoms with Crippen LogP contribution in [0.4, 0.5) is 17.1 Å². The lowest BCUT2D eigenvalue weighted by Crippen LogP contribution is -2.09. The van der Waals surface area contributed by atoms with Gasteiger partial charge in [-0.3, -0.25) is 0 Å². The summed E-state index contributed by atoms with van der Waals surface area (Å²) in [6, 6.07) is 92.0. The minimum atomic E-state index is 0.901. The van der Waals surface area contributed by atoms with Crippen LogP contribution in [0.2, 0.25) is 0 Å². The first-order valence-corrected chi connectivity index (χ1v) is 22.9. The lowest BCUT2D eigenvalue weighted by atomic mass is 9.97. The minimum Gasteiger partial charge on any atom is -0.456 e. The van der Waals surface area contributed by atoms with E-state index >= 15 is 0 Å². The molecule has 0 saturated heterocycles. The van der Waals surface area contributed by atoms with Crippen LogP contribution >= 0.6 is 0 Å². The third-order valence-electron chi connectivity index (χ3n) is 13.4. The van der Waals surface area contributed by atoms with Gasteiger partial charge in [-0.25, -0.2) is 0 Å². The largest absolute Gasteiger partial charge is 0.456 e. The smallest absolute Gasteiger partial charge is 0.135 e. The maximum absolute atomic E-state index is 6.16. The van der Waals surface area contributed by atoms with Gasteiger partial charge in [0, 0.05) is 44.2 Å². The van der Waals surface area contributed by atoms with Crippen molar-refractivity contribution >= 4 is 71.6 Å². The molecule has 0 aliphatic rings. The van der Waals surface area contributed by atoms with Crippen molar-refractivity contribution < 1.29 is 4.42 Å². The Kier molecular flexibility index (Phi) is 9.17. The molecular weight excluding hydrogens is 813 g/mol. The maximum Gasteiger partial charge on any atom is 0.135 e. The number of aromatic nitrogens is 1. The lowest BCUT2D eigenvalue weighted by Gasteiger charge is -2.26. The highest BCUT2D eigenvalue weighted by Gasteiger charge is 2.18. The average molecular weight is 855 g/mol. The number of rotatable bonds is 8. The van der Waals surface area contributed by atoms with Gasteiger partial charge in [0.15, 0.2) is 0 Å². The summed E-state index contributed by atoms with van der Waals surface area (Å²) in [5.41, 5.74) is 18.0. The molecule has 13 rings (SSSR count). The summed E-state index contributed by atoms with van der Waals surface area (Å²) in [4.78, 5) is 2.36. The van der Waals surface area contributed by atoms with E-state index in [0.717, 1.165) is 61.4 Å². The van der Waals surface area contributed by atoms with E-state index in [1.165, 1.54) is 60.4 Å².